The zero-order valence-corrected chi connectivity index (χ0v) is 14.6. The van der Waals surface area contributed by atoms with Crippen molar-refractivity contribution in [1.29, 1.82) is 0 Å². The molecule has 1 amide bonds. The molecule has 1 aromatic heterocycles. The van der Waals surface area contributed by atoms with Gasteiger partial charge >= 0.3 is 0 Å². The third kappa shape index (κ3) is 4.80. The first kappa shape index (κ1) is 17.4. The SMILES string of the molecule is CC1CC(C)(C)CC(CO)(NCC(=O)NCc2cccs2)C1. The van der Waals surface area contributed by atoms with E-state index in [-0.39, 0.29) is 30.0 Å². The smallest absolute Gasteiger partial charge is 0.234 e. The second kappa shape index (κ2) is 7.11. The van der Waals surface area contributed by atoms with Crippen LogP contribution in [0.3, 0.4) is 0 Å². The van der Waals surface area contributed by atoms with Gasteiger partial charge in [-0.3, -0.25) is 4.79 Å². The molecule has 2 rings (SSSR count). The Balaban J connectivity index is 1.86. The van der Waals surface area contributed by atoms with Crippen LogP contribution < -0.4 is 10.6 Å². The molecule has 2 unspecified atom stereocenters. The molecule has 0 aliphatic heterocycles. The fourth-order valence-corrected chi connectivity index (χ4v) is 4.63. The van der Waals surface area contributed by atoms with Gasteiger partial charge in [0.25, 0.3) is 0 Å². The molecule has 124 valence electrons. The van der Waals surface area contributed by atoms with E-state index >= 15 is 0 Å². The molecule has 3 N–H and O–H groups in total. The van der Waals surface area contributed by atoms with Crippen LogP contribution in [0.15, 0.2) is 17.5 Å². The molecule has 5 heteroatoms. The minimum Gasteiger partial charge on any atom is -0.394 e. The van der Waals surface area contributed by atoms with Crippen LogP contribution in [-0.4, -0.2) is 29.7 Å². The predicted octanol–water partition coefficient (Wildman–Crippen LogP) is 2.53. The summed E-state index contributed by atoms with van der Waals surface area (Å²) in [6.07, 6.45) is 2.99. The van der Waals surface area contributed by atoms with Gasteiger partial charge in [0.2, 0.25) is 5.91 Å². The molecule has 1 aliphatic carbocycles. The highest BCUT2D eigenvalue weighted by Gasteiger charge is 2.42. The quantitative estimate of drug-likeness (QED) is 0.753. The lowest BCUT2D eigenvalue weighted by Crippen LogP contribution is -2.57. The number of hydrogen-bond donors (Lipinski definition) is 3. The number of amides is 1. The number of carbonyl (C=O) groups is 1. The Morgan fingerprint density at radius 3 is 2.82 bits per heavy atom. The topological polar surface area (TPSA) is 61.4 Å². The zero-order chi connectivity index (χ0) is 16.2. The maximum absolute atomic E-state index is 12.0. The summed E-state index contributed by atoms with van der Waals surface area (Å²) in [4.78, 5) is 13.2. The van der Waals surface area contributed by atoms with Crippen molar-refractivity contribution >= 4 is 17.2 Å². The van der Waals surface area contributed by atoms with Crippen molar-refractivity contribution in [3.8, 4) is 0 Å². The Hall–Kier alpha value is -0.910. The largest absolute Gasteiger partial charge is 0.394 e. The van der Waals surface area contributed by atoms with Gasteiger partial charge in [-0.15, -0.1) is 11.3 Å². The summed E-state index contributed by atoms with van der Waals surface area (Å²) in [5.41, 5.74) is -0.137. The molecule has 4 nitrogen and oxygen atoms in total. The summed E-state index contributed by atoms with van der Waals surface area (Å²) in [6.45, 7) is 7.63. The Kier molecular flexibility index (Phi) is 5.64. The van der Waals surface area contributed by atoms with Crippen LogP contribution in [0.2, 0.25) is 0 Å². The van der Waals surface area contributed by atoms with Gasteiger partial charge in [0.05, 0.1) is 19.7 Å². The second-order valence-electron chi connectivity index (χ2n) is 7.50. The number of aliphatic hydroxyl groups is 1. The van der Waals surface area contributed by atoms with Crippen molar-refractivity contribution in [1.82, 2.24) is 10.6 Å². The first-order valence-corrected chi connectivity index (χ1v) is 8.87. The third-order valence-electron chi connectivity index (χ3n) is 4.42. The number of nitrogens with one attached hydrogen (secondary N) is 2. The van der Waals surface area contributed by atoms with Crippen LogP contribution in [0.1, 0.15) is 44.9 Å². The van der Waals surface area contributed by atoms with Gasteiger partial charge in [-0.2, -0.15) is 0 Å². The molecular weight excluding hydrogens is 296 g/mol. The molecule has 0 spiro atoms. The Bertz CT molecular complexity index is 487. The molecule has 1 aromatic rings. The lowest BCUT2D eigenvalue weighted by molar-refractivity contribution is -0.121. The monoisotopic (exact) mass is 324 g/mol. The van der Waals surface area contributed by atoms with Gasteiger partial charge in [0.1, 0.15) is 0 Å². The lowest BCUT2D eigenvalue weighted by Gasteiger charge is -2.47. The molecule has 0 saturated heterocycles. The van der Waals surface area contributed by atoms with Crippen LogP contribution in [-0.2, 0) is 11.3 Å². The molecule has 1 heterocycles. The van der Waals surface area contributed by atoms with E-state index in [9.17, 15) is 9.90 Å². The van der Waals surface area contributed by atoms with E-state index in [1.54, 1.807) is 11.3 Å². The van der Waals surface area contributed by atoms with E-state index < -0.39 is 0 Å². The van der Waals surface area contributed by atoms with Crippen molar-refractivity contribution in [2.24, 2.45) is 11.3 Å². The summed E-state index contributed by atoms with van der Waals surface area (Å²) in [6, 6.07) is 4.00. The Labute approximate surface area is 137 Å². The minimum absolute atomic E-state index is 0.0164. The van der Waals surface area contributed by atoms with Gasteiger partial charge in [-0.1, -0.05) is 26.8 Å². The fraction of sp³-hybridized carbons (Fsp3) is 0.706. The molecule has 0 aromatic carbocycles. The molecule has 22 heavy (non-hydrogen) atoms. The number of carbonyl (C=O) groups excluding carboxylic acids is 1. The van der Waals surface area contributed by atoms with Crippen molar-refractivity contribution in [2.75, 3.05) is 13.2 Å². The Morgan fingerprint density at radius 1 is 1.45 bits per heavy atom. The van der Waals surface area contributed by atoms with E-state index in [0.29, 0.717) is 12.5 Å². The highest BCUT2D eigenvalue weighted by Crippen LogP contribution is 2.43. The average molecular weight is 324 g/mol. The number of rotatable bonds is 6. The maximum atomic E-state index is 12.0. The normalized spacial score (nSPS) is 27.5. The highest BCUT2D eigenvalue weighted by molar-refractivity contribution is 7.09. The molecule has 1 fully saturated rings. The first-order chi connectivity index (χ1) is 10.3. The second-order valence-corrected chi connectivity index (χ2v) is 8.53. The summed E-state index contributed by atoms with van der Waals surface area (Å²) in [5.74, 6) is 0.537. The van der Waals surface area contributed by atoms with Crippen LogP contribution in [0.5, 0.6) is 0 Å². The maximum Gasteiger partial charge on any atom is 0.234 e. The average Bonchev–Trinajstić information content (AvgIpc) is 2.94. The van der Waals surface area contributed by atoms with E-state index in [2.05, 4.69) is 31.4 Å². The molecule has 0 bridgehead atoms. The molecular formula is C17H28N2O2S. The van der Waals surface area contributed by atoms with E-state index in [1.807, 2.05) is 17.5 Å². The predicted molar refractivity (Wildman–Crippen MR) is 90.8 cm³/mol. The lowest BCUT2D eigenvalue weighted by atomic mass is 9.64. The standard InChI is InChI=1S/C17H28N2O2S/c1-13-7-16(2,3)11-17(8-13,12-20)19-10-15(21)18-9-14-5-4-6-22-14/h4-6,13,19-20H,7-12H2,1-3H3,(H,18,21). The fourth-order valence-electron chi connectivity index (χ4n) is 3.98. The van der Waals surface area contributed by atoms with Crippen LogP contribution in [0.4, 0.5) is 0 Å². The van der Waals surface area contributed by atoms with Crippen LogP contribution in [0, 0.1) is 11.3 Å². The van der Waals surface area contributed by atoms with Crippen LogP contribution >= 0.6 is 11.3 Å². The highest BCUT2D eigenvalue weighted by atomic mass is 32.1. The minimum atomic E-state index is -0.332. The van der Waals surface area contributed by atoms with Gasteiger partial charge < -0.3 is 15.7 Å². The van der Waals surface area contributed by atoms with Crippen molar-refractivity contribution in [3.05, 3.63) is 22.4 Å². The third-order valence-corrected chi connectivity index (χ3v) is 5.30. The van der Waals surface area contributed by atoms with E-state index in [1.165, 1.54) is 6.42 Å². The van der Waals surface area contributed by atoms with Crippen molar-refractivity contribution in [3.63, 3.8) is 0 Å². The number of hydrogen-bond acceptors (Lipinski definition) is 4. The van der Waals surface area contributed by atoms with Crippen molar-refractivity contribution in [2.45, 2.75) is 52.1 Å². The number of aliphatic hydroxyl groups excluding tert-OH is 1. The summed E-state index contributed by atoms with van der Waals surface area (Å²) >= 11 is 1.64. The summed E-state index contributed by atoms with van der Waals surface area (Å²) in [5, 5.41) is 18.2. The van der Waals surface area contributed by atoms with Gasteiger partial charge in [0, 0.05) is 10.4 Å². The molecule has 1 saturated carbocycles. The molecule has 2 atom stereocenters. The molecule has 0 radical (unpaired) electrons. The summed E-state index contributed by atoms with van der Waals surface area (Å²) in [7, 11) is 0. The molecule has 1 aliphatic rings. The van der Waals surface area contributed by atoms with Crippen LogP contribution in [0.25, 0.3) is 0 Å². The van der Waals surface area contributed by atoms with Gasteiger partial charge in [0.15, 0.2) is 0 Å². The van der Waals surface area contributed by atoms with E-state index in [4.69, 9.17) is 0 Å². The van der Waals surface area contributed by atoms with Gasteiger partial charge in [-0.05, 0) is 42.0 Å². The van der Waals surface area contributed by atoms with Gasteiger partial charge in [-0.25, -0.2) is 0 Å². The first-order valence-electron chi connectivity index (χ1n) is 7.99. The van der Waals surface area contributed by atoms with Crippen molar-refractivity contribution < 1.29 is 9.90 Å². The van der Waals surface area contributed by atoms with E-state index in [0.717, 1.165) is 17.7 Å². The summed E-state index contributed by atoms with van der Waals surface area (Å²) < 4.78 is 0. The Morgan fingerprint density at radius 2 is 2.23 bits per heavy atom. The number of thiophene rings is 1. The zero-order valence-electron chi connectivity index (χ0n) is 13.8.